The highest BCUT2D eigenvalue weighted by molar-refractivity contribution is 14.1. The van der Waals surface area contributed by atoms with E-state index in [1.807, 2.05) is 4.98 Å². The summed E-state index contributed by atoms with van der Waals surface area (Å²) in [5.74, 6) is 0. The summed E-state index contributed by atoms with van der Waals surface area (Å²) in [5, 5.41) is 59.7. The number of nitrogens with one attached hydrogen (secondary N) is 1. The van der Waals surface area contributed by atoms with Crippen LogP contribution in [0.1, 0.15) is 12.6 Å². The van der Waals surface area contributed by atoms with Gasteiger partial charge in [-0.1, -0.05) is 0 Å². The smallest absolute Gasteiger partial charge is 0.394 e. The van der Waals surface area contributed by atoms with Gasteiger partial charge in [0.2, 0.25) is 0 Å². The molecule has 20 nitrogen and oxygen atoms in total. The van der Waals surface area contributed by atoms with Crippen LogP contribution in [0.25, 0.3) is 0 Å². The predicted octanol–water partition coefficient (Wildman–Crippen LogP) is -4.44. The standard InChI is InChI=1S/C17H27IN2O18P2/c18-5-3-20(17(28)19-14(5)26)15-12(11(25)13(36-15)16(27)38-39(29,30)31)37-40(32,33)34-2-1-6-8(22)10(24)9(23)7(4-21)35-6/h3,6-13,15-16,21-25,27H,1-2,4H2,(H,32,33)(H,19,26,28)(H2,29,30,31)/t6-,7-,8+,9+,10-,11+,12-,13+,15-,16?/m1/s1. The molecule has 0 radical (unpaired) electrons. The van der Waals surface area contributed by atoms with Crippen LogP contribution >= 0.6 is 38.2 Å². The molecule has 1 aromatic rings. The SMILES string of the molecule is O=c1[nH]c(=O)n([C@@H]2O[C@H](C(O)OP(=O)(O)O)[C@@H](O)[C@H]2OP(=O)(O)OCC[C@H]2O[C@H](CO)[C@H](O)[C@H](O)[C@H]2O)cc1I. The third-order valence-corrected chi connectivity index (χ3v) is 8.16. The highest BCUT2D eigenvalue weighted by atomic mass is 127. The van der Waals surface area contributed by atoms with Crippen LogP contribution in [0.15, 0.2) is 15.8 Å². The van der Waals surface area contributed by atoms with Crippen molar-refractivity contribution in [2.75, 3.05) is 13.2 Å². The molecule has 23 heteroatoms. The maximum absolute atomic E-state index is 12.7. The summed E-state index contributed by atoms with van der Waals surface area (Å²) in [6.45, 7) is -1.42. The second-order valence-electron chi connectivity index (χ2n) is 8.64. The van der Waals surface area contributed by atoms with Gasteiger partial charge in [0.25, 0.3) is 5.56 Å². The lowest BCUT2D eigenvalue weighted by molar-refractivity contribution is -0.231. The number of H-pyrrole nitrogens is 1. The molecule has 0 amide bonds. The Kier molecular flexibility index (Phi) is 11.2. The van der Waals surface area contributed by atoms with Gasteiger partial charge >= 0.3 is 21.3 Å². The van der Waals surface area contributed by atoms with E-state index in [4.69, 9.17) is 28.3 Å². The van der Waals surface area contributed by atoms with Crippen molar-refractivity contribution in [2.45, 2.75) is 67.8 Å². The van der Waals surface area contributed by atoms with E-state index in [2.05, 4.69) is 4.52 Å². The number of rotatable bonds is 11. The molecule has 2 aliphatic rings. The van der Waals surface area contributed by atoms with Crippen LogP contribution in [0, 0.1) is 3.57 Å². The zero-order valence-electron chi connectivity index (χ0n) is 19.9. The Balaban J connectivity index is 1.78. The van der Waals surface area contributed by atoms with E-state index in [9.17, 15) is 54.3 Å². The van der Waals surface area contributed by atoms with E-state index in [1.54, 1.807) is 0 Å². The molecule has 2 aliphatic heterocycles. The van der Waals surface area contributed by atoms with E-state index in [0.29, 0.717) is 4.57 Å². The number of aromatic nitrogens is 2. The van der Waals surface area contributed by atoms with Gasteiger partial charge in [0, 0.05) is 12.6 Å². The summed E-state index contributed by atoms with van der Waals surface area (Å²) < 4.78 is 48.8. The molecule has 11 atom stereocenters. The van der Waals surface area contributed by atoms with Crippen molar-refractivity contribution < 1.29 is 77.5 Å². The van der Waals surface area contributed by atoms with Gasteiger partial charge in [-0.3, -0.25) is 27.9 Å². The maximum atomic E-state index is 12.7. The van der Waals surface area contributed by atoms with E-state index in [-0.39, 0.29) is 9.99 Å². The van der Waals surface area contributed by atoms with Gasteiger partial charge in [0.1, 0.15) is 42.7 Å². The van der Waals surface area contributed by atoms with Crippen LogP contribution < -0.4 is 11.2 Å². The quantitative estimate of drug-likeness (QED) is 0.0582. The summed E-state index contributed by atoms with van der Waals surface area (Å²) >= 11 is 1.53. The zero-order valence-corrected chi connectivity index (χ0v) is 23.8. The fourth-order valence-electron chi connectivity index (χ4n) is 3.98. The number of hydrogen-bond acceptors (Lipinski definition) is 15. The van der Waals surface area contributed by atoms with Gasteiger partial charge in [-0.2, -0.15) is 0 Å². The molecule has 2 fully saturated rings. The molecule has 3 heterocycles. The van der Waals surface area contributed by atoms with Crippen LogP contribution in [0.5, 0.6) is 0 Å². The summed E-state index contributed by atoms with van der Waals surface area (Å²) in [5.41, 5.74) is -1.97. The number of nitrogens with zero attached hydrogens (tertiary/aromatic N) is 1. The third-order valence-electron chi connectivity index (χ3n) is 5.88. The number of phosphoric ester groups is 2. The normalized spacial score (nSPS) is 35.4. The van der Waals surface area contributed by atoms with Gasteiger partial charge in [-0.25, -0.2) is 13.9 Å². The zero-order chi connectivity index (χ0) is 30.2. The molecule has 0 saturated carbocycles. The summed E-state index contributed by atoms with van der Waals surface area (Å²) in [6, 6.07) is 0. The third kappa shape index (κ3) is 8.02. The highest BCUT2D eigenvalue weighted by Gasteiger charge is 2.53. The average Bonchev–Trinajstić information content (AvgIpc) is 3.15. The second-order valence-corrected chi connectivity index (χ2v) is 12.4. The first-order chi connectivity index (χ1) is 18.5. The lowest BCUT2D eigenvalue weighted by Crippen LogP contribution is -2.58. The van der Waals surface area contributed by atoms with Crippen LogP contribution in [0.2, 0.25) is 0 Å². The highest BCUT2D eigenvalue weighted by Crippen LogP contribution is 2.50. The summed E-state index contributed by atoms with van der Waals surface area (Å²) in [4.78, 5) is 54.2. The minimum absolute atomic E-state index is 0.0903. The van der Waals surface area contributed by atoms with Gasteiger partial charge < -0.3 is 54.8 Å². The number of hydrogen-bond donors (Lipinski definition) is 10. The molecule has 0 bridgehead atoms. The van der Waals surface area contributed by atoms with Crippen LogP contribution in [-0.4, -0.2) is 123 Å². The molecule has 0 aromatic carbocycles. The van der Waals surface area contributed by atoms with Crippen molar-refractivity contribution in [3.8, 4) is 0 Å². The van der Waals surface area contributed by atoms with Gasteiger partial charge in [0.15, 0.2) is 12.5 Å². The van der Waals surface area contributed by atoms with E-state index in [0.717, 1.165) is 6.20 Å². The van der Waals surface area contributed by atoms with Crippen molar-refractivity contribution in [3.63, 3.8) is 0 Å². The van der Waals surface area contributed by atoms with Gasteiger partial charge in [-0.15, -0.1) is 0 Å². The van der Waals surface area contributed by atoms with E-state index >= 15 is 0 Å². The van der Waals surface area contributed by atoms with E-state index < -0.39 is 101 Å². The predicted molar refractivity (Wildman–Crippen MR) is 132 cm³/mol. The fraction of sp³-hybridized carbons (Fsp3) is 0.765. The first-order valence-electron chi connectivity index (χ1n) is 11.2. The lowest BCUT2D eigenvalue weighted by Gasteiger charge is -2.40. The monoisotopic (exact) mass is 736 g/mol. The number of aliphatic hydroxyl groups is 6. The number of ether oxygens (including phenoxy) is 2. The van der Waals surface area contributed by atoms with Gasteiger partial charge in [-0.05, 0) is 22.6 Å². The molecular formula is C17H27IN2O18P2. The topological polar surface area (TPSA) is 317 Å². The Morgan fingerprint density at radius 2 is 1.65 bits per heavy atom. The molecule has 0 aliphatic carbocycles. The van der Waals surface area contributed by atoms with Crippen molar-refractivity contribution in [1.29, 1.82) is 0 Å². The lowest BCUT2D eigenvalue weighted by atomic mass is 9.94. The molecular weight excluding hydrogens is 709 g/mol. The Labute approximate surface area is 236 Å². The van der Waals surface area contributed by atoms with Crippen molar-refractivity contribution in [3.05, 3.63) is 30.6 Å². The number of aromatic amines is 1. The number of aliphatic hydroxyl groups excluding tert-OH is 6. The second kappa shape index (κ2) is 13.3. The van der Waals surface area contributed by atoms with Crippen LogP contribution in [0.4, 0.5) is 0 Å². The Morgan fingerprint density at radius 1 is 1.02 bits per heavy atom. The first kappa shape index (κ1) is 33.8. The molecule has 3 rings (SSSR count). The molecule has 10 N–H and O–H groups in total. The van der Waals surface area contributed by atoms with Crippen molar-refractivity contribution >= 4 is 38.2 Å². The number of halogens is 1. The largest absolute Gasteiger partial charge is 0.472 e. The molecule has 1 aromatic heterocycles. The summed E-state index contributed by atoms with van der Waals surface area (Å²) in [6.07, 6.45) is -17.7. The molecule has 40 heavy (non-hydrogen) atoms. The van der Waals surface area contributed by atoms with E-state index in [1.165, 1.54) is 22.6 Å². The Hall–Kier alpha value is -0.690. The van der Waals surface area contributed by atoms with Gasteiger partial charge in [0.05, 0.1) is 22.9 Å². The minimum Gasteiger partial charge on any atom is -0.394 e. The van der Waals surface area contributed by atoms with Crippen LogP contribution in [0.3, 0.4) is 0 Å². The molecule has 0 spiro atoms. The Bertz CT molecular complexity index is 1240. The first-order valence-corrected chi connectivity index (χ1v) is 15.3. The fourth-order valence-corrected chi connectivity index (χ4v) is 5.75. The average molecular weight is 736 g/mol. The van der Waals surface area contributed by atoms with Crippen molar-refractivity contribution in [1.82, 2.24) is 9.55 Å². The molecule has 2 unspecified atom stereocenters. The Morgan fingerprint density at radius 3 is 2.25 bits per heavy atom. The van der Waals surface area contributed by atoms with Crippen LogP contribution in [-0.2, 0) is 32.2 Å². The van der Waals surface area contributed by atoms with Crippen molar-refractivity contribution in [2.24, 2.45) is 0 Å². The molecule has 2 saturated heterocycles. The minimum atomic E-state index is -5.34. The molecule has 230 valence electrons. The number of phosphoric acid groups is 2. The summed E-state index contributed by atoms with van der Waals surface area (Å²) in [7, 11) is -10.5. The maximum Gasteiger partial charge on any atom is 0.472 e.